The van der Waals surface area contributed by atoms with Crippen molar-refractivity contribution in [3.05, 3.63) is 35.4 Å². The number of unbranched alkanes of at least 4 members (excludes halogenated alkanes) is 15. The molecule has 1 atom stereocenters. The predicted octanol–water partition coefficient (Wildman–Crippen LogP) is 9.52. The van der Waals surface area contributed by atoms with E-state index in [4.69, 9.17) is 25.8 Å². The van der Waals surface area contributed by atoms with E-state index >= 15 is 0 Å². The maximum Gasteiger partial charge on any atom is 0.146 e. The van der Waals surface area contributed by atoms with Gasteiger partial charge in [0.25, 0.3) is 0 Å². The van der Waals surface area contributed by atoms with Gasteiger partial charge in [-0.05, 0) is 6.42 Å². The molecular formula is C32H51ClO4. The quantitative estimate of drug-likeness (QED) is 0.144. The second-order valence-corrected chi connectivity index (χ2v) is 10.7. The molecule has 0 radical (unpaired) electrons. The summed E-state index contributed by atoms with van der Waals surface area (Å²) >= 11 is 6.41. The van der Waals surface area contributed by atoms with E-state index in [0.717, 1.165) is 17.2 Å². The lowest BCUT2D eigenvalue weighted by molar-refractivity contribution is 0.0113. The molecular weight excluding hydrogens is 484 g/mol. The van der Waals surface area contributed by atoms with Crippen LogP contribution in [0.3, 0.4) is 0 Å². The van der Waals surface area contributed by atoms with Crippen molar-refractivity contribution in [2.75, 3.05) is 26.9 Å². The number of ether oxygens (including phenoxy) is 3. The van der Waals surface area contributed by atoms with E-state index in [0.29, 0.717) is 23.1 Å². The smallest absolute Gasteiger partial charge is 0.146 e. The Morgan fingerprint density at radius 1 is 0.730 bits per heavy atom. The van der Waals surface area contributed by atoms with Crippen molar-refractivity contribution in [1.29, 1.82) is 0 Å². The molecule has 0 saturated carbocycles. The molecule has 4 nitrogen and oxygen atoms in total. The topological polar surface area (TPSA) is 47.9 Å². The molecule has 0 saturated heterocycles. The monoisotopic (exact) mass is 534 g/mol. The molecule has 37 heavy (non-hydrogen) atoms. The zero-order valence-corrected chi connectivity index (χ0v) is 24.2. The van der Waals surface area contributed by atoms with E-state index < -0.39 is 6.10 Å². The normalized spacial score (nSPS) is 12.2. The molecule has 0 spiro atoms. The van der Waals surface area contributed by atoms with Gasteiger partial charge in [0.2, 0.25) is 0 Å². The molecule has 0 heterocycles. The van der Waals surface area contributed by atoms with Crippen molar-refractivity contribution in [2.45, 2.75) is 116 Å². The number of rotatable bonds is 23. The van der Waals surface area contributed by atoms with Gasteiger partial charge in [-0.2, -0.15) is 0 Å². The molecule has 5 heteroatoms. The molecule has 0 fully saturated rings. The number of hydrogen-bond acceptors (Lipinski definition) is 4. The van der Waals surface area contributed by atoms with Gasteiger partial charge in [-0.25, -0.2) is 0 Å². The number of aliphatic hydroxyl groups is 1. The highest BCUT2D eigenvalue weighted by Crippen LogP contribution is 2.39. The maximum atomic E-state index is 10.3. The van der Waals surface area contributed by atoms with Crippen molar-refractivity contribution >= 4 is 22.4 Å². The Morgan fingerprint density at radius 3 is 1.78 bits per heavy atom. The minimum atomic E-state index is -0.696. The number of halogens is 1. The van der Waals surface area contributed by atoms with Crippen LogP contribution >= 0.6 is 11.6 Å². The first-order valence-corrected chi connectivity index (χ1v) is 15.2. The molecule has 2 rings (SSSR count). The lowest BCUT2D eigenvalue weighted by Crippen LogP contribution is -2.23. The molecule has 0 aromatic heterocycles. The largest absolute Gasteiger partial charge is 0.496 e. The van der Waals surface area contributed by atoms with E-state index in [1.807, 2.05) is 24.3 Å². The van der Waals surface area contributed by atoms with Crippen molar-refractivity contribution in [3.63, 3.8) is 0 Å². The van der Waals surface area contributed by atoms with Crippen molar-refractivity contribution in [3.8, 4) is 11.5 Å². The molecule has 1 N–H and O–H groups in total. The average molecular weight is 535 g/mol. The van der Waals surface area contributed by atoms with Crippen LogP contribution in [0.5, 0.6) is 11.5 Å². The van der Waals surface area contributed by atoms with Gasteiger partial charge < -0.3 is 19.3 Å². The third-order valence-corrected chi connectivity index (χ3v) is 7.29. The Bertz CT molecular complexity index is 841. The molecule has 0 aliphatic carbocycles. The standard InChI is InChI=1S/C32H51ClO4/c1-3-4-5-6-7-8-9-10-11-12-13-14-15-16-17-20-23-36-25-27(34)26-37-32-29-22-19-18-21-28(29)31(35-2)24-30(32)33/h18-19,21-22,24,27,34H,3-17,20,23,25-26H2,1-2H3. The van der Waals surface area contributed by atoms with Gasteiger partial charge in [-0.15, -0.1) is 0 Å². The number of benzene rings is 2. The Morgan fingerprint density at radius 2 is 1.24 bits per heavy atom. The summed E-state index contributed by atoms with van der Waals surface area (Å²) in [5.41, 5.74) is 0. The summed E-state index contributed by atoms with van der Waals surface area (Å²) in [5.74, 6) is 1.27. The first kappa shape index (κ1) is 31.7. The summed E-state index contributed by atoms with van der Waals surface area (Å²) in [7, 11) is 1.62. The summed E-state index contributed by atoms with van der Waals surface area (Å²) in [6.45, 7) is 3.37. The molecule has 0 aliphatic heterocycles. The van der Waals surface area contributed by atoms with Crippen molar-refractivity contribution < 1.29 is 19.3 Å². The van der Waals surface area contributed by atoms with Crippen LogP contribution in [-0.4, -0.2) is 38.1 Å². The highest BCUT2D eigenvalue weighted by Gasteiger charge is 2.14. The number of fused-ring (bicyclic) bond motifs is 1. The van der Waals surface area contributed by atoms with Crippen LogP contribution in [0.15, 0.2) is 30.3 Å². The van der Waals surface area contributed by atoms with E-state index in [2.05, 4.69) is 6.92 Å². The SMILES string of the molecule is CCCCCCCCCCCCCCCCCCOCC(O)COc1c(Cl)cc(OC)c2ccccc12. The Kier molecular flexibility index (Phi) is 17.6. The Hall–Kier alpha value is -1.49. The van der Waals surface area contributed by atoms with Crippen molar-refractivity contribution in [2.24, 2.45) is 0 Å². The molecule has 0 bridgehead atoms. The highest BCUT2D eigenvalue weighted by atomic mass is 35.5. The third-order valence-electron chi connectivity index (χ3n) is 7.00. The fourth-order valence-corrected chi connectivity index (χ4v) is 5.05. The molecule has 2 aromatic carbocycles. The van der Waals surface area contributed by atoms with Gasteiger partial charge in [0.15, 0.2) is 0 Å². The van der Waals surface area contributed by atoms with Gasteiger partial charge in [0.1, 0.15) is 24.2 Å². The van der Waals surface area contributed by atoms with Gasteiger partial charge in [0.05, 0.1) is 18.7 Å². The summed E-state index contributed by atoms with van der Waals surface area (Å²) in [5, 5.41) is 12.6. The predicted molar refractivity (Wildman–Crippen MR) is 157 cm³/mol. The number of hydrogen-bond donors (Lipinski definition) is 1. The fraction of sp³-hybridized carbons (Fsp3) is 0.688. The Labute approximate surface area is 231 Å². The van der Waals surface area contributed by atoms with Crippen LogP contribution in [-0.2, 0) is 4.74 Å². The molecule has 0 amide bonds. The average Bonchev–Trinajstić information content (AvgIpc) is 2.91. The molecule has 210 valence electrons. The molecule has 2 aromatic rings. The first-order valence-electron chi connectivity index (χ1n) is 14.8. The minimum Gasteiger partial charge on any atom is -0.496 e. The summed E-state index contributed by atoms with van der Waals surface area (Å²) in [6, 6.07) is 9.54. The van der Waals surface area contributed by atoms with Gasteiger partial charge in [-0.3, -0.25) is 0 Å². The number of methoxy groups -OCH3 is 1. The van der Waals surface area contributed by atoms with Crippen LogP contribution in [0.4, 0.5) is 0 Å². The summed E-state index contributed by atoms with van der Waals surface area (Å²) < 4.78 is 17.0. The van der Waals surface area contributed by atoms with E-state index in [9.17, 15) is 5.11 Å². The minimum absolute atomic E-state index is 0.134. The fourth-order valence-electron chi connectivity index (χ4n) is 4.80. The van der Waals surface area contributed by atoms with Gasteiger partial charge in [-0.1, -0.05) is 139 Å². The lowest BCUT2D eigenvalue weighted by Gasteiger charge is -2.16. The van der Waals surface area contributed by atoms with Gasteiger partial charge in [0, 0.05) is 23.4 Å². The Balaban J connectivity index is 1.43. The van der Waals surface area contributed by atoms with Crippen LogP contribution in [0.2, 0.25) is 5.02 Å². The molecule has 1 unspecified atom stereocenters. The van der Waals surface area contributed by atoms with E-state index in [1.165, 1.54) is 96.3 Å². The van der Waals surface area contributed by atoms with Crippen LogP contribution in [0.1, 0.15) is 110 Å². The maximum absolute atomic E-state index is 10.3. The molecule has 0 aliphatic rings. The highest BCUT2D eigenvalue weighted by molar-refractivity contribution is 6.33. The second kappa shape index (κ2) is 20.5. The zero-order valence-electron chi connectivity index (χ0n) is 23.4. The van der Waals surface area contributed by atoms with E-state index in [-0.39, 0.29) is 13.2 Å². The first-order chi connectivity index (χ1) is 18.2. The van der Waals surface area contributed by atoms with Crippen LogP contribution < -0.4 is 9.47 Å². The number of aliphatic hydroxyl groups excluding tert-OH is 1. The van der Waals surface area contributed by atoms with Crippen molar-refractivity contribution in [1.82, 2.24) is 0 Å². The lowest BCUT2D eigenvalue weighted by atomic mass is 10.0. The summed E-state index contributed by atoms with van der Waals surface area (Å²) in [4.78, 5) is 0. The zero-order chi connectivity index (χ0) is 26.6. The van der Waals surface area contributed by atoms with E-state index in [1.54, 1.807) is 13.2 Å². The van der Waals surface area contributed by atoms with Gasteiger partial charge >= 0.3 is 0 Å². The third kappa shape index (κ3) is 13.2. The van der Waals surface area contributed by atoms with Crippen LogP contribution in [0, 0.1) is 0 Å². The second-order valence-electron chi connectivity index (χ2n) is 10.3. The summed E-state index contributed by atoms with van der Waals surface area (Å²) in [6.07, 6.45) is 21.0. The van der Waals surface area contributed by atoms with Crippen LogP contribution in [0.25, 0.3) is 10.8 Å².